The maximum atomic E-state index is 5.80. The Labute approximate surface area is 124 Å². The summed E-state index contributed by atoms with van der Waals surface area (Å²) in [5, 5.41) is 3.56. The first kappa shape index (κ1) is 14.8. The molecule has 4 heteroatoms. The fraction of sp³-hybridized carbons (Fsp3) is 0.600. The Hall–Kier alpha value is -0.580. The van der Waals surface area contributed by atoms with Crippen molar-refractivity contribution in [2.24, 2.45) is 0 Å². The topological polar surface area (TPSA) is 24.5 Å². The molecule has 2 rings (SSSR count). The van der Waals surface area contributed by atoms with Gasteiger partial charge in [0, 0.05) is 35.7 Å². The van der Waals surface area contributed by atoms with Gasteiger partial charge >= 0.3 is 0 Å². The summed E-state index contributed by atoms with van der Waals surface area (Å²) in [7, 11) is 0. The van der Waals surface area contributed by atoms with Crippen LogP contribution in [0.1, 0.15) is 20.8 Å². The molecule has 0 aromatic heterocycles. The van der Waals surface area contributed by atoms with Crippen molar-refractivity contribution in [2.45, 2.75) is 32.4 Å². The predicted molar refractivity (Wildman–Crippen MR) is 82.8 cm³/mol. The summed E-state index contributed by atoms with van der Waals surface area (Å²) in [5.41, 5.74) is 0.199. The van der Waals surface area contributed by atoms with Crippen molar-refractivity contribution in [3.63, 3.8) is 0 Å². The molecule has 1 saturated heterocycles. The van der Waals surface area contributed by atoms with Gasteiger partial charge in [-0.1, -0.05) is 15.9 Å². The van der Waals surface area contributed by atoms with Crippen LogP contribution < -0.4 is 10.1 Å². The van der Waals surface area contributed by atoms with Crippen LogP contribution in [0.4, 0.5) is 0 Å². The average Bonchev–Trinajstić information content (AvgIpc) is 2.36. The van der Waals surface area contributed by atoms with Gasteiger partial charge < -0.3 is 10.1 Å². The predicted octanol–water partition coefficient (Wildman–Crippen LogP) is 2.90. The zero-order valence-electron chi connectivity index (χ0n) is 11.9. The van der Waals surface area contributed by atoms with Crippen LogP contribution in [0, 0.1) is 0 Å². The van der Waals surface area contributed by atoms with Crippen LogP contribution in [0.3, 0.4) is 0 Å². The highest BCUT2D eigenvalue weighted by Crippen LogP contribution is 2.17. The monoisotopic (exact) mass is 326 g/mol. The molecule has 0 saturated carbocycles. The second-order valence-corrected chi connectivity index (χ2v) is 6.80. The number of piperazine rings is 1. The molecular weight excluding hydrogens is 304 g/mol. The maximum Gasteiger partial charge on any atom is 0.119 e. The molecule has 3 nitrogen and oxygen atoms in total. The molecule has 1 aliphatic rings. The van der Waals surface area contributed by atoms with Crippen LogP contribution in [0.25, 0.3) is 0 Å². The SMILES string of the molecule is CC1CNC(C)(C)CN1CCOc1ccc(Br)cc1. The van der Waals surface area contributed by atoms with Crippen LogP contribution in [0.2, 0.25) is 0 Å². The molecule has 0 bridgehead atoms. The third-order valence-corrected chi connectivity index (χ3v) is 4.09. The Morgan fingerprint density at radius 1 is 1.37 bits per heavy atom. The molecule has 1 atom stereocenters. The fourth-order valence-corrected chi connectivity index (χ4v) is 2.65. The van der Waals surface area contributed by atoms with Crippen molar-refractivity contribution >= 4 is 15.9 Å². The summed E-state index contributed by atoms with van der Waals surface area (Å²) in [6.07, 6.45) is 0. The lowest BCUT2D eigenvalue weighted by atomic mass is 9.99. The van der Waals surface area contributed by atoms with E-state index < -0.39 is 0 Å². The van der Waals surface area contributed by atoms with E-state index in [1.165, 1.54) is 0 Å². The first-order valence-electron chi connectivity index (χ1n) is 6.84. The van der Waals surface area contributed by atoms with Gasteiger partial charge in [-0.2, -0.15) is 0 Å². The van der Waals surface area contributed by atoms with E-state index in [1.807, 2.05) is 24.3 Å². The van der Waals surface area contributed by atoms with E-state index in [4.69, 9.17) is 4.74 Å². The minimum Gasteiger partial charge on any atom is -0.492 e. The van der Waals surface area contributed by atoms with Crippen molar-refractivity contribution in [3.8, 4) is 5.75 Å². The van der Waals surface area contributed by atoms with E-state index in [9.17, 15) is 0 Å². The summed E-state index contributed by atoms with van der Waals surface area (Å²) in [5.74, 6) is 0.935. The number of benzene rings is 1. The molecule has 106 valence electrons. The van der Waals surface area contributed by atoms with Crippen molar-refractivity contribution in [2.75, 3.05) is 26.2 Å². The third-order valence-electron chi connectivity index (χ3n) is 3.56. The molecule has 1 N–H and O–H groups in total. The van der Waals surface area contributed by atoms with E-state index in [0.29, 0.717) is 6.04 Å². The molecule has 1 heterocycles. The lowest BCUT2D eigenvalue weighted by Gasteiger charge is -2.43. The largest absolute Gasteiger partial charge is 0.492 e. The Morgan fingerprint density at radius 2 is 2.05 bits per heavy atom. The van der Waals surface area contributed by atoms with Crippen LogP contribution in [-0.4, -0.2) is 42.7 Å². The molecule has 1 aromatic rings. The van der Waals surface area contributed by atoms with Gasteiger partial charge in [0.1, 0.15) is 12.4 Å². The van der Waals surface area contributed by atoms with Crippen molar-refractivity contribution in [1.82, 2.24) is 10.2 Å². The molecule has 1 aromatic carbocycles. The zero-order chi connectivity index (χ0) is 13.9. The molecule has 1 unspecified atom stereocenters. The lowest BCUT2D eigenvalue weighted by molar-refractivity contribution is 0.0887. The van der Waals surface area contributed by atoms with E-state index in [-0.39, 0.29) is 5.54 Å². The third kappa shape index (κ3) is 4.48. The zero-order valence-corrected chi connectivity index (χ0v) is 13.5. The van der Waals surface area contributed by atoms with Crippen LogP contribution in [0.5, 0.6) is 5.75 Å². The number of hydrogen-bond acceptors (Lipinski definition) is 3. The molecule has 19 heavy (non-hydrogen) atoms. The van der Waals surface area contributed by atoms with Gasteiger partial charge in [0.15, 0.2) is 0 Å². The van der Waals surface area contributed by atoms with Gasteiger partial charge in [0.25, 0.3) is 0 Å². The number of nitrogens with one attached hydrogen (secondary N) is 1. The Kier molecular flexibility index (Phi) is 4.87. The van der Waals surface area contributed by atoms with Gasteiger partial charge in [-0.05, 0) is 45.0 Å². The minimum atomic E-state index is 0.199. The van der Waals surface area contributed by atoms with E-state index in [2.05, 4.69) is 46.9 Å². The summed E-state index contributed by atoms with van der Waals surface area (Å²) in [6, 6.07) is 8.57. The molecule has 0 amide bonds. The van der Waals surface area contributed by atoms with E-state index in [0.717, 1.165) is 36.5 Å². The Morgan fingerprint density at radius 3 is 2.74 bits per heavy atom. The highest BCUT2D eigenvalue weighted by Gasteiger charge is 2.29. The summed E-state index contributed by atoms with van der Waals surface area (Å²) in [6.45, 7) is 10.6. The van der Waals surface area contributed by atoms with Crippen molar-refractivity contribution < 1.29 is 4.74 Å². The molecule has 0 spiro atoms. The Bertz CT molecular complexity index is 405. The first-order chi connectivity index (χ1) is 8.96. The van der Waals surface area contributed by atoms with Gasteiger partial charge in [-0.25, -0.2) is 0 Å². The highest BCUT2D eigenvalue weighted by atomic mass is 79.9. The van der Waals surface area contributed by atoms with E-state index in [1.54, 1.807) is 0 Å². The molecule has 0 aliphatic carbocycles. The normalized spacial score (nSPS) is 23.3. The maximum absolute atomic E-state index is 5.80. The number of ether oxygens (including phenoxy) is 1. The quantitative estimate of drug-likeness (QED) is 0.920. The first-order valence-corrected chi connectivity index (χ1v) is 7.63. The lowest BCUT2D eigenvalue weighted by Crippen LogP contribution is -2.61. The molecule has 1 aliphatic heterocycles. The average molecular weight is 327 g/mol. The van der Waals surface area contributed by atoms with Gasteiger partial charge in [-0.15, -0.1) is 0 Å². The van der Waals surface area contributed by atoms with Crippen molar-refractivity contribution in [1.29, 1.82) is 0 Å². The van der Waals surface area contributed by atoms with Gasteiger partial charge in [0.2, 0.25) is 0 Å². The number of hydrogen-bond donors (Lipinski definition) is 1. The second-order valence-electron chi connectivity index (χ2n) is 5.89. The highest BCUT2D eigenvalue weighted by molar-refractivity contribution is 9.10. The van der Waals surface area contributed by atoms with Crippen LogP contribution in [0.15, 0.2) is 28.7 Å². The second kappa shape index (κ2) is 6.25. The standard InChI is InChI=1S/C15H23BrN2O/c1-12-10-17-15(2,3)11-18(12)8-9-19-14-6-4-13(16)5-7-14/h4-7,12,17H,8-11H2,1-3H3. The van der Waals surface area contributed by atoms with Gasteiger partial charge in [-0.3, -0.25) is 4.90 Å². The van der Waals surface area contributed by atoms with Gasteiger partial charge in [0.05, 0.1) is 0 Å². The number of nitrogens with zero attached hydrogens (tertiary/aromatic N) is 1. The number of rotatable bonds is 4. The molecule has 0 radical (unpaired) electrons. The van der Waals surface area contributed by atoms with E-state index >= 15 is 0 Å². The molecule has 1 fully saturated rings. The molecular formula is C15H23BrN2O. The van der Waals surface area contributed by atoms with Crippen LogP contribution >= 0.6 is 15.9 Å². The summed E-state index contributed by atoms with van der Waals surface area (Å²) >= 11 is 3.43. The van der Waals surface area contributed by atoms with Crippen molar-refractivity contribution in [3.05, 3.63) is 28.7 Å². The van der Waals surface area contributed by atoms with Crippen LogP contribution in [-0.2, 0) is 0 Å². The number of halogens is 1. The fourth-order valence-electron chi connectivity index (χ4n) is 2.38. The summed E-state index contributed by atoms with van der Waals surface area (Å²) < 4.78 is 6.88. The smallest absolute Gasteiger partial charge is 0.119 e. The summed E-state index contributed by atoms with van der Waals surface area (Å²) in [4.78, 5) is 2.50. The minimum absolute atomic E-state index is 0.199. The Balaban J connectivity index is 1.80.